The summed E-state index contributed by atoms with van der Waals surface area (Å²) < 4.78 is 0. The van der Waals surface area contributed by atoms with Gasteiger partial charge >= 0.3 is 5.00 Å². The maximum absolute atomic E-state index is 10.8. The lowest BCUT2D eigenvalue weighted by atomic mass is 10.2. The van der Waals surface area contributed by atoms with Gasteiger partial charge in [-0.15, -0.1) is 0 Å². The molecule has 0 unspecified atom stereocenters. The van der Waals surface area contributed by atoms with Crippen LogP contribution in [0.25, 0.3) is 0 Å². The number of hydrogen-bond donors (Lipinski definition) is 0. The molecule has 0 N–H and O–H groups in total. The second kappa shape index (κ2) is 7.52. The van der Waals surface area contributed by atoms with Crippen LogP contribution in [0.3, 0.4) is 0 Å². The molecule has 2 aromatic carbocycles. The SMILES string of the molecule is O=[N+]([O-])c1ccc(/C=N/N(Cc2ccccc2)c2ccccc2)s1. The summed E-state index contributed by atoms with van der Waals surface area (Å²) in [6.45, 7) is 0.620. The fourth-order valence-corrected chi connectivity index (χ4v) is 2.88. The van der Waals surface area contributed by atoms with Crippen molar-refractivity contribution in [2.45, 2.75) is 6.54 Å². The standard InChI is InChI=1S/C18H15N3O2S/c22-21(23)18-12-11-17(24-18)13-19-20(16-9-5-2-6-10-16)14-15-7-3-1-4-8-15/h1-13H,14H2/b19-13+. The van der Waals surface area contributed by atoms with Crippen LogP contribution in [0.1, 0.15) is 10.4 Å². The zero-order chi connectivity index (χ0) is 16.8. The van der Waals surface area contributed by atoms with Crippen LogP contribution in [0.15, 0.2) is 77.9 Å². The third-order valence-electron chi connectivity index (χ3n) is 3.35. The van der Waals surface area contributed by atoms with Crippen molar-refractivity contribution in [1.82, 2.24) is 0 Å². The number of para-hydroxylation sites is 1. The normalized spacial score (nSPS) is 10.8. The Labute approximate surface area is 143 Å². The minimum atomic E-state index is -0.388. The molecule has 6 heteroatoms. The summed E-state index contributed by atoms with van der Waals surface area (Å²) in [6.07, 6.45) is 1.66. The van der Waals surface area contributed by atoms with E-state index in [0.29, 0.717) is 6.54 Å². The van der Waals surface area contributed by atoms with E-state index in [4.69, 9.17) is 0 Å². The van der Waals surface area contributed by atoms with Crippen LogP contribution in [0.4, 0.5) is 10.7 Å². The number of hydrazone groups is 1. The number of nitrogens with zero attached hydrogens (tertiary/aromatic N) is 3. The minimum Gasteiger partial charge on any atom is -0.261 e. The quantitative estimate of drug-likeness (QED) is 0.372. The smallest absolute Gasteiger partial charge is 0.261 e. The molecular weight excluding hydrogens is 322 g/mol. The number of benzene rings is 2. The van der Waals surface area contributed by atoms with Gasteiger partial charge in [0.1, 0.15) is 0 Å². The second-order valence-corrected chi connectivity index (χ2v) is 6.15. The molecule has 0 bridgehead atoms. The highest BCUT2D eigenvalue weighted by Gasteiger charge is 2.09. The Morgan fingerprint density at radius 3 is 2.29 bits per heavy atom. The Balaban J connectivity index is 1.84. The maximum atomic E-state index is 10.8. The van der Waals surface area contributed by atoms with E-state index in [1.54, 1.807) is 12.3 Å². The van der Waals surface area contributed by atoms with Gasteiger partial charge in [0.2, 0.25) is 0 Å². The minimum absolute atomic E-state index is 0.116. The summed E-state index contributed by atoms with van der Waals surface area (Å²) in [5.74, 6) is 0. The molecule has 3 rings (SSSR count). The van der Waals surface area contributed by atoms with Crippen LogP contribution in [-0.4, -0.2) is 11.1 Å². The topological polar surface area (TPSA) is 58.7 Å². The Hall–Kier alpha value is -2.99. The fourth-order valence-electron chi connectivity index (χ4n) is 2.19. The summed E-state index contributed by atoms with van der Waals surface area (Å²) in [4.78, 5) is 11.1. The number of hydrogen-bond acceptors (Lipinski definition) is 5. The number of nitro groups is 1. The van der Waals surface area contributed by atoms with E-state index < -0.39 is 0 Å². The van der Waals surface area contributed by atoms with Crippen LogP contribution >= 0.6 is 11.3 Å². The van der Waals surface area contributed by atoms with Gasteiger partial charge in [-0.05, 0) is 23.8 Å². The highest BCUT2D eigenvalue weighted by molar-refractivity contribution is 7.16. The number of thiophene rings is 1. The van der Waals surface area contributed by atoms with E-state index in [-0.39, 0.29) is 9.92 Å². The first kappa shape index (κ1) is 15.9. The van der Waals surface area contributed by atoms with Crippen LogP contribution < -0.4 is 5.01 Å². The average molecular weight is 337 g/mol. The molecule has 0 fully saturated rings. The molecule has 0 radical (unpaired) electrons. The van der Waals surface area contributed by atoms with Gasteiger partial charge in [-0.25, -0.2) is 0 Å². The summed E-state index contributed by atoms with van der Waals surface area (Å²) >= 11 is 1.11. The molecule has 0 aliphatic carbocycles. The van der Waals surface area contributed by atoms with Crippen LogP contribution in [0.2, 0.25) is 0 Å². The van der Waals surface area contributed by atoms with E-state index >= 15 is 0 Å². The maximum Gasteiger partial charge on any atom is 0.324 e. The van der Waals surface area contributed by atoms with Crippen molar-refractivity contribution in [3.05, 3.63) is 93.4 Å². The Kier molecular flexibility index (Phi) is 4.98. The Morgan fingerprint density at radius 1 is 1.00 bits per heavy atom. The largest absolute Gasteiger partial charge is 0.324 e. The molecule has 0 saturated carbocycles. The molecule has 0 atom stereocenters. The predicted molar refractivity (Wildman–Crippen MR) is 97.6 cm³/mol. The third-order valence-corrected chi connectivity index (χ3v) is 4.32. The summed E-state index contributed by atoms with van der Waals surface area (Å²) in [6, 6.07) is 23.1. The second-order valence-electron chi connectivity index (χ2n) is 5.06. The molecular formula is C18H15N3O2S. The molecule has 0 aliphatic heterocycles. The molecule has 0 aliphatic rings. The first-order valence-electron chi connectivity index (χ1n) is 7.37. The van der Waals surface area contributed by atoms with Crippen molar-refractivity contribution < 1.29 is 4.92 Å². The molecule has 5 nitrogen and oxygen atoms in total. The van der Waals surface area contributed by atoms with Crippen LogP contribution in [-0.2, 0) is 6.54 Å². The number of anilines is 1. The number of rotatable bonds is 6. The third kappa shape index (κ3) is 4.05. The van der Waals surface area contributed by atoms with Gasteiger partial charge in [0.15, 0.2) is 0 Å². The lowest BCUT2D eigenvalue weighted by molar-refractivity contribution is -0.380. The molecule has 0 spiro atoms. The molecule has 24 heavy (non-hydrogen) atoms. The highest BCUT2D eigenvalue weighted by Crippen LogP contribution is 2.23. The highest BCUT2D eigenvalue weighted by atomic mass is 32.1. The van der Waals surface area contributed by atoms with Gasteiger partial charge in [-0.1, -0.05) is 59.9 Å². The molecule has 1 heterocycles. The molecule has 120 valence electrons. The van der Waals surface area contributed by atoms with Crippen molar-refractivity contribution in [3.63, 3.8) is 0 Å². The van der Waals surface area contributed by atoms with Gasteiger partial charge in [-0.3, -0.25) is 15.1 Å². The van der Waals surface area contributed by atoms with Crippen molar-refractivity contribution in [3.8, 4) is 0 Å². The summed E-state index contributed by atoms with van der Waals surface area (Å²) in [5.41, 5.74) is 2.10. The van der Waals surface area contributed by atoms with Crippen LogP contribution in [0.5, 0.6) is 0 Å². The first-order chi connectivity index (χ1) is 11.7. The van der Waals surface area contributed by atoms with Crippen molar-refractivity contribution >= 4 is 28.2 Å². The van der Waals surface area contributed by atoms with E-state index in [2.05, 4.69) is 5.10 Å². The van der Waals surface area contributed by atoms with E-state index in [0.717, 1.165) is 27.5 Å². The zero-order valence-corrected chi connectivity index (χ0v) is 13.6. The van der Waals surface area contributed by atoms with E-state index in [9.17, 15) is 10.1 Å². The van der Waals surface area contributed by atoms with Crippen LogP contribution in [0, 0.1) is 10.1 Å². The lowest BCUT2D eigenvalue weighted by Gasteiger charge is -2.19. The van der Waals surface area contributed by atoms with E-state index in [1.165, 1.54) is 6.07 Å². The van der Waals surface area contributed by atoms with Crippen molar-refractivity contribution in [2.75, 3.05) is 5.01 Å². The van der Waals surface area contributed by atoms with Gasteiger partial charge in [0.25, 0.3) is 0 Å². The summed E-state index contributed by atoms with van der Waals surface area (Å²) in [7, 11) is 0. The Morgan fingerprint density at radius 2 is 1.67 bits per heavy atom. The van der Waals surface area contributed by atoms with Gasteiger partial charge in [0.05, 0.1) is 28.2 Å². The molecule has 0 saturated heterocycles. The molecule has 0 amide bonds. The predicted octanol–water partition coefficient (Wildman–Crippen LogP) is 4.70. The molecule has 1 aromatic heterocycles. The first-order valence-corrected chi connectivity index (χ1v) is 8.19. The van der Waals surface area contributed by atoms with Crippen molar-refractivity contribution in [1.29, 1.82) is 0 Å². The monoisotopic (exact) mass is 337 g/mol. The van der Waals surface area contributed by atoms with Gasteiger partial charge in [0, 0.05) is 6.07 Å². The van der Waals surface area contributed by atoms with Gasteiger partial charge in [-0.2, -0.15) is 5.10 Å². The summed E-state index contributed by atoms with van der Waals surface area (Å²) in [5, 5.41) is 17.3. The zero-order valence-electron chi connectivity index (χ0n) is 12.8. The Bertz CT molecular complexity index is 832. The van der Waals surface area contributed by atoms with Crippen molar-refractivity contribution in [2.24, 2.45) is 5.10 Å². The average Bonchev–Trinajstić information content (AvgIpc) is 3.09. The molecule has 3 aromatic rings. The van der Waals surface area contributed by atoms with Gasteiger partial charge < -0.3 is 0 Å². The lowest BCUT2D eigenvalue weighted by Crippen LogP contribution is -2.15. The van der Waals surface area contributed by atoms with E-state index in [1.807, 2.05) is 65.7 Å². The fraction of sp³-hybridized carbons (Fsp3) is 0.0556.